The average Bonchev–Trinajstić information content (AvgIpc) is 2.42. The molecule has 2 rings (SSSR count). The summed E-state index contributed by atoms with van der Waals surface area (Å²) in [7, 11) is 2.11. The molecule has 0 unspecified atom stereocenters. The molecule has 0 saturated carbocycles. The van der Waals surface area contributed by atoms with Crippen LogP contribution >= 0.6 is 0 Å². The van der Waals surface area contributed by atoms with Crippen LogP contribution in [0.25, 0.3) is 0 Å². The molecule has 3 heteroatoms. The molecule has 0 aliphatic heterocycles. The SMILES string of the molecule is Cc1ccccc1CN(C)Cc1ncc(C)c(N)c1C. The summed E-state index contributed by atoms with van der Waals surface area (Å²) in [5.41, 5.74) is 12.8. The van der Waals surface area contributed by atoms with Crippen molar-refractivity contribution in [2.45, 2.75) is 33.9 Å². The first-order valence-electron chi connectivity index (χ1n) is 6.92. The summed E-state index contributed by atoms with van der Waals surface area (Å²) in [6.07, 6.45) is 1.86. The van der Waals surface area contributed by atoms with Gasteiger partial charge in [-0.05, 0) is 50.1 Å². The van der Waals surface area contributed by atoms with Crippen molar-refractivity contribution in [3.8, 4) is 0 Å². The number of nitrogens with zero attached hydrogens (tertiary/aromatic N) is 2. The number of hydrogen-bond acceptors (Lipinski definition) is 3. The van der Waals surface area contributed by atoms with Gasteiger partial charge in [-0.2, -0.15) is 0 Å². The monoisotopic (exact) mass is 269 g/mol. The fourth-order valence-electron chi connectivity index (χ4n) is 2.34. The molecule has 3 nitrogen and oxygen atoms in total. The van der Waals surface area contributed by atoms with Gasteiger partial charge in [-0.1, -0.05) is 24.3 Å². The van der Waals surface area contributed by atoms with Crippen LogP contribution in [0.3, 0.4) is 0 Å². The molecule has 0 atom stereocenters. The molecule has 20 heavy (non-hydrogen) atoms. The quantitative estimate of drug-likeness (QED) is 0.926. The zero-order valence-electron chi connectivity index (χ0n) is 12.8. The first kappa shape index (κ1) is 14.5. The first-order valence-corrected chi connectivity index (χ1v) is 6.92. The molecule has 0 fully saturated rings. The highest BCUT2D eigenvalue weighted by molar-refractivity contribution is 5.53. The van der Waals surface area contributed by atoms with Gasteiger partial charge >= 0.3 is 0 Å². The maximum Gasteiger partial charge on any atom is 0.0593 e. The van der Waals surface area contributed by atoms with Crippen molar-refractivity contribution in [3.05, 3.63) is 58.4 Å². The second kappa shape index (κ2) is 6.06. The number of anilines is 1. The molecule has 1 heterocycles. The highest BCUT2D eigenvalue weighted by Gasteiger charge is 2.09. The fraction of sp³-hybridized carbons (Fsp3) is 0.353. The lowest BCUT2D eigenvalue weighted by molar-refractivity contribution is 0.314. The van der Waals surface area contributed by atoms with Crippen LogP contribution in [0.15, 0.2) is 30.5 Å². The predicted molar refractivity (Wildman–Crippen MR) is 84.5 cm³/mol. The molecule has 1 aromatic carbocycles. The van der Waals surface area contributed by atoms with Gasteiger partial charge in [0.2, 0.25) is 0 Å². The Kier molecular flexibility index (Phi) is 4.40. The third-order valence-corrected chi connectivity index (χ3v) is 3.80. The summed E-state index contributed by atoms with van der Waals surface area (Å²) in [5.74, 6) is 0. The maximum absolute atomic E-state index is 6.08. The summed E-state index contributed by atoms with van der Waals surface area (Å²) in [4.78, 5) is 6.79. The van der Waals surface area contributed by atoms with Gasteiger partial charge in [0.05, 0.1) is 5.69 Å². The summed E-state index contributed by atoms with van der Waals surface area (Å²) >= 11 is 0. The number of aryl methyl sites for hydroxylation is 2. The molecule has 0 aliphatic rings. The maximum atomic E-state index is 6.08. The van der Waals surface area contributed by atoms with Gasteiger partial charge < -0.3 is 5.73 Å². The predicted octanol–water partition coefficient (Wildman–Crippen LogP) is 3.22. The zero-order chi connectivity index (χ0) is 14.7. The van der Waals surface area contributed by atoms with Crippen molar-refractivity contribution < 1.29 is 0 Å². The van der Waals surface area contributed by atoms with Gasteiger partial charge in [-0.25, -0.2) is 0 Å². The van der Waals surface area contributed by atoms with E-state index in [9.17, 15) is 0 Å². The van der Waals surface area contributed by atoms with Crippen LogP contribution in [0.1, 0.15) is 27.9 Å². The normalized spacial score (nSPS) is 11.1. The van der Waals surface area contributed by atoms with E-state index >= 15 is 0 Å². The largest absolute Gasteiger partial charge is 0.398 e. The van der Waals surface area contributed by atoms with Crippen molar-refractivity contribution in [1.29, 1.82) is 0 Å². The summed E-state index contributed by atoms with van der Waals surface area (Å²) in [6.45, 7) is 7.92. The Hall–Kier alpha value is -1.87. The molecule has 2 aromatic rings. The number of hydrogen-bond donors (Lipinski definition) is 1. The minimum absolute atomic E-state index is 0.810. The van der Waals surface area contributed by atoms with Gasteiger partial charge in [0.15, 0.2) is 0 Å². The molecule has 0 bridgehead atoms. The lowest BCUT2D eigenvalue weighted by Gasteiger charge is -2.19. The minimum atomic E-state index is 0.810. The van der Waals surface area contributed by atoms with E-state index in [1.807, 2.05) is 20.0 Å². The number of aromatic nitrogens is 1. The lowest BCUT2D eigenvalue weighted by atomic mass is 10.1. The highest BCUT2D eigenvalue weighted by atomic mass is 15.1. The zero-order valence-corrected chi connectivity index (χ0v) is 12.8. The Labute approximate surface area is 121 Å². The van der Waals surface area contributed by atoms with E-state index in [1.54, 1.807) is 0 Å². The van der Waals surface area contributed by atoms with E-state index in [4.69, 9.17) is 5.73 Å². The molecule has 1 aromatic heterocycles. The molecule has 0 spiro atoms. The van der Waals surface area contributed by atoms with Crippen LogP contribution in [0, 0.1) is 20.8 Å². The molecular weight excluding hydrogens is 246 g/mol. The number of nitrogens with two attached hydrogens (primary N) is 1. The van der Waals surface area contributed by atoms with E-state index in [0.29, 0.717) is 0 Å². The minimum Gasteiger partial charge on any atom is -0.398 e. The average molecular weight is 269 g/mol. The molecule has 106 valence electrons. The molecule has 0 saturated heterocycles. The van der Waals surface area contributed by atoms with Crippen LogP contribution in [-0.4, -0.2) is 16.9 Å². The van der Waals surface area contributed by atoms with E-state index in [2.05, 4.69) is 48.1 Å². The molecule has 0 amide bonds. The third kappa shape index (κ3) is 3.17. The summed E-state index contributed by atoms with van der Waals surface area (Å²) in [5, 5.41) is 0. The summed E-state index contributed by atoms with van der Waals surface area (Å²) < 4.78 is 0. The second-order valence-electron chi connectivity index (χ2n) is 5.53. The molecule has 2 N–H and O–H groups in total. The number of rotatable bonds is 4. The van der Waals surface area contributed by atoms with Crippen LogP contribution in [0.4, 0.5) is 5.69 Å². The van der Waals surface area contributed by atoms with E-state index in [-0.39, 0.29) is 0 Å². The molecule has 0 radical (unpaired) electrons. The van der Waals surface area contributed by atoms with Crippen molar-refractivity contribution in [3.63, 3.8) is 0 Å². The topological polar surface area (TPSA) is 42.2 Å². The first-order chi connectivity index (χ1) is 9.49. The second-order valence-corrected chi connectivity index (χ2v) is 5.53. The van der Waals surface area contributed by atoms with Crippen molar-refractivity contribution in [2.24, 2.45) is 0 Å². The van der Waals surface area contributed by atoms with E-state index in [1.165, 1.54) is 11.1 Å². The molecular formula is C17H23N3. The van der Waals surface area contributed by atoms with Crippen LogP contribution in [-0.2, 0) is 13.1 Å². The number of benzene rings is 1. The third-order valence-electron chi connectivity index (χ3n) is 3.80. The van der Waals surface area contributed by atoms with Crippen molar-refractivity contribution in [2.75, 3.05) is 12.8 Å². The summed E-state index contributed by atoms with van der Waals surface area (Å²) in [6, 6.07) is 8.49. The Bertz CT molecular complexity index is 605. The molecule has 0 aliphatic carbocycles. The Morgan fingerprint density at radius 2 is 1.75 bits per heavy atom. The van der Waals surface area contributed by atoms with E-state index < -0.39 is 0 Å². The Morgan fingerprint density at radius 3 is 2.45 bits per heavy atom. The van der Waals surface area contributed by atoms with Crippen molar-refractivity contribution in [1.82, 2.24) is 9.88 Å². The number of pyridine rings is 1. The lowest BCUT2D eigenvalue weighted by Crippen LogP contribution is -2.19. The van der Waals surface area contributed by atoms with Crippen LogP contribution < -0.4 is 5.73 Å². The van der Waals surface area contributed by atoms with Crippen molar-refractivity contribution >= 4 is 5.69 Å². The van der Waals surface area contributed by atoms with Gasteiger partial charge in [-0.15, -0.1) is 0 Å². The van der Waals surface area contributed by atoms with Gasteiger partial charge in [0.1, 0.15) is 0 Å². The highest BCUT2D eigenvalue weighted by Crippen LogP contribution is 2.19. The van der Waals surface area contributed by atoms with Gasteiger partial charge in [-0.3, -0.25) is 9.88 Å². The van der Waals surface area contributed by atoms with Gasteiger partial charge in [0, 0.05) is 25.0 Å². The standard InChI is InChI=1S/C17H23N3/c1-12-7-5-6-8-15(12)10-20(4)11-16-14(3)17(18)13(2)9-19-16/h5-9H,10-11H2,1-4H3,(H2,18,19). The fourth-order valence-corrected chi connectivity index (χ4v) is 2.34. The number of nitrogen functional groups attached to an aromatic ring is 1. The Morgan fingerprint density at radius 1 is 1.05 bits per heavy atom. The van der Waals surface area contributed by atoms with E-state index in [0.717, 1.165) is 35.6 Å². The Balaban J connectivity index is 2.11. The van der Waals surface area contributed by atoms with Gasteiger partial charge in [0.25, 0.3) is 0 Å². The van der Waals surface area contributed by atoms with Crippen LogP contribution in [0.2, 0.25) is 0 Å². The van der Waals surface area contributed by atoms with Crippen LogP contribution in [0.5, 0.6) is 0 Å². The smallest absolute Gasteiger partial charge is 0.0593 e.